The Morgan fingerprint density at radius 3 is 1.52 bits per heavy atom. The van der Waals surface area contributed by atoms with Crippen molar-refractivity contribution in [2.75, 3.05) is 78.5 Å². The zero-order valence-corrected chi connectivity index (χ0v) is 47.1. The van der Waals surface area contributed by atoms with Crippen molar-refractivity contribution in [2.45, 2.75) is 139 Å². The van der Waals surface area contributed by atoms with Crippen LogP contribution in [0.2, 0.25) is 0 Å². The Labute approximate surface area is 475 Å². The van der Waals surface area contributed by atoms with Gasteiger partial charge in [0, 0.05) is 122 Å². The fourth-order valence-corrected chi connectivity index (χ4v) is 8.97. The molecule has 25 nitrogen and oxygen atoms in total. The fraction of sp³-hybridized carbons (Fsp3) is 0.625. The minimum atomic E-state index is -1.51. The summed E-state index contributed by atoms with van der Waals surface area (Å²) in [5.41, 5.74) is 13.1. The molecule has 0 bridgehead atoms. The summed E-state index contributed by atoms with van der Waals surface area (Å²) in [7, 11) is 0. The Morgan fingerprint density at radius 1 is 0.494 bits per heavy atom. The Bertz CT molecular complexity index is 2230. The number of carboxylic acids is 3. The molecule has 2 aromatic carbocycles. The molecule has 0 spiro atoms. The van der Waals surface area contributed by atoms with Crippen molar-refractivity contribution in [3.05, 3.63) is 71.8 Å². The van der Waals surface area contributed by atoms with E-state index in [0.29, 0.717) is 78.0 Å². The van der Waals surface area contributed by atoms with Crippen molar-refractivity contribution in [3.63, 3.8) is 0 Å². The summed E-state index contributed by atoms with van der Waals surface area (Å²) in [4.78, 5) is 113. The summed E-state index contributed by atoms with van der Waals surface area (Å²) < 4.78 is 0. The molecule has 2 unspecified atom stereocenters. The fourth-order valence-electron chi connectivity index (χ4n) is 8.97. The normalized spacial score (nSPS) is 18.5. The van der Waals surface area contributed by atoms with E-state index in [4.69, 9.17) is 16.6 Å². The summed E-state index contributed by atoms with van der Waals surface area (Å²) in [6.45, 7) is 8.63. The number of rotatable bonds is 35. The number of urea groups is 1. The number of hydrogen-bond donors (Lipinski definition) is 16. The molecule has 25 heteroatoms. The third-order valence-electron chi connectivity index (χ3n) is 13.9. The van der Waals surface area contributed by atoms with Crippen LogP contribution in [0.25, 0.3) is 0 Å². The Kier molecular flexibility index (Phi) is 32.8. The molecule has 0 aliphatic carbocycles. The van der Waals surface area contributed by atoms with Crippen molar-refractivity contribution >= 4 is 53.5 Å². The van der Waals surface area contributed by atoms with Crippen LogP contribution in [-0.4, -0.2) is 177 Å². The highest BCUT2D eigenvalue weighted by Gasteiger charge is 2.32. The zero-order chi connectivity index (χ0) is 59.3. The van der Waals surface area contributed by atoms with Crippen molar-refractivity contribution in [1.29, 1.82) is 0 Å². The van der Waals surface area contributed by atoms with Gasteiger partial charge in [0.05, 0.1) is 5.54 Å². The molecule has 7 amide bonds. The summed E-state index contributed by atoms with van der Waals surface area (Å²) >= 11 is 0. The number of hydrogen-bond acceptors (Lipinski definition) is 15. The molecule has 0 aromatic heterocycles. The van der Waals surface area contributed by atoms with Crippen LogP contribution in [0, 0.1) is 5.41 Å². The van der Waals surface area contributed by atoms with Crippen molar-refractivity contribution < 1.29 is 58.5 Å². The summed E-state index contributed by atoms with van der Waals surface area (Å²) in [6.07, 6.45) is 4.40. The van der Waals surface area contributed by atoms with Gasteiger partial charge in [-0.1, -0.05) is 86.8 Å². The zero-order valence-electron chi connectivity index (χ0n) is 47.1. The van der Waals surface area contributed by atoms with Gasteiger partial charge in [-0.3, -0.25) is 28.8 Å². The average Bonchev–Trinajstić information content (AvgIpc) is 3.43. The first-order valence-electron chi connectivity index (χ1n) is 28.4. The van der Waals surface area contributed by atoms with E-state index in [-0.39, 0.29) is 87.6 Å². The number of carbonyl (C=O) groups is 9. The molecule has 18 N–H and O–H groups in total. The van der Waals surface area contributed by atoms with E-state index in [1.807, 2.05) is 60.7 Å². The lowest BCUT2D eigenvalue weighted by Crippen LogP contribution is -2.65. The first kappa shape index (κ1) is 68.5. The third kappa shape index (κ3) is 29.5. The van der Waals surface area contributed by atoms with E-state index in [9.17, 15) is 53.4 Å². The van der Waals surface area contributed by atoms with Crippen molar-refractivity contribution in [3.8, 4) is 0 Å². The van der Waals surface area contributed by atoms with Gasteiger partial charge < -0.3 is 85.3 Å². The van der Waals surface area contributed by atoms with Gasteiger partial charge in [-0.05, 0) is 56.1 Å². The second kappa shape index (κ2) is 38.8. The van der Waals surface area contributed by atoms with Crippen LogP contribution in [0.4, 0.5) is 4.79 Å². The SMILES string of the molecule is CC1(CN)CNCCNCC(CN)(NC(=O)CCCC(=O)N[C@H](Cc2ccccc2)C(=O)N[C@H](Cc2ccccc2)C(=O)NCCCCCCCC(=O)NCCCCC(NC(=O)NC(CCC(=O)O)C(=O)O)C(=O)O)CNCCNC1. The van der Waals surface area contributed by atoms with E-state index < -0.39 is 71.9 Å². The number of nitrogens with one attached hydrogen (secondary N) is 11. The first-order valence-corrected chi connectivity index (χ1v) is 28.4. The van der Waals surface area contributed by atoms with Gasteiger partial charge in [0.15, 0.2) is 0 Å². The quantitative estimate of drug-likeness (QED) is 0.0390. The lowest BCUT2D eigenvalue weighted by atomic mass is 9.90. The van der Waals surface area contributed by atoms with Crippen LogP contribution in [-0.2, 0) is 51.2 Å². The maximum Gasteiger partial charge on any atom is 0.326 e. The summed E-state index contributed by atoms with van der Waals surface area (Å²) in [5, 5.41) is 60.3. The third-order valence-corrected chi connectivity index (χ3v) is 13.9. The average molecular weight is 1140 g/mol. The van der Waals surface area contributed by atoms with Gasteiger partial charge in [0.25, 0.3) is 0 Å². The second-order valence-electron chi connectivity index (χ2n) is 21.2. The molecule has 452 valence electrons. The number of unbranched alkanes of at least 4 members (excludes halogenated alkanes) is 5. The van der Waals surface area contributed by atoms with Crippen molar-refractivity contribution in [2.24, 2.45) is 16.9 Å². The van der Waals surface area contributed by atoms with E-state index in [1.54, 1.807) is 0 Å². The largest absolute Gasteiger partial charge is 0.481 e. The predicted octanol–water partition coefficient (Wildman–Crippen LogP) is -0.424. The van der Waals surface area contributed by atoms with E-state index in [1.165, 1.54) is 0 Å². The van der Waals surface area contributed by atoms with Gasteiger partial charge in [0.1, 0.15) is 24.2 Å². The molecular formula is C56H91N13O12. The van der Waals surface area contributed by atoms with Gasteiger partial charge in [-0.25, -0.2) is 14.4 Å². The number of nitrogens with two attached hydrogens (primary N) is 2. The first-order chi connectivity index (χ1) is 38.9. The van der Waals surface area contributed by atoms with Gasteiger partial charge in [-0.15, -0.1) is 0 Å². The lowest BCUT2D eigenvalue weighted by molar-refractivity contribution is -0.141. The van der Waals surface area contributed by atoms with E-state index >= 15 is 0 Å². The minimum absolute atomic E-state index is 0.0119. The van der Waals surface area contributed by atoms with Crippen LogP contribution < -0.4 is 70.0 Å². The molecule has 1 fully saturated rings. The van der Waals surface area contributed by atoms with Gasteiger partial charge >= 0.3 is 23.9 Å². The molecule has 2 aromatic rings. The molecule has 3 rings (SSSR count). The van der Waals surface area contributed by atoms with Crippen LogP contribution in [0.15, 0.2) is 60.7 Å². The smallest absolute Gasteiger partial charge is 0.326 e. The van der Waals surface area contributed by atoms with Crippen LogP contribution in [0.5, 0.6) is 0 Å². The van der Waals surface area contributed by atoms with Crippen LogP contribution in [0.1, 0.15) is 108 Å². The highest BCUT2D eigenvalue weighted by atomic mass is 16.4. The van der Waals surface area contributed by atoms with Crippen LogP contribution >= 0.6 is 0 Å². The minimum Gasteiger partial charge on any atom is -0.481 e. The van der Waals surface area contributed by atoms with Gasteiger partial charge in [0.2, 0.25) is 29.5 Å². The summed E-state index contributed by atoms with van der Waals surface area (Å²) in [6, 6.07) is 12.6. The van der Waals surface area contributed by atoms with Crippen LogP contribution in [0.3, 0.4) is 0 Å². The molecule has 0 saturated carbocycles. The molecule has 1 aliphatic heterocycles. The Morgan fingerprint density at radius 2 is 0.975 bits per heavy atom. The highest BCUT2D eigenvalue weighted by Crippen LogP contribution is 2.13. The standard InChI is InChI=1S/C56H91N13O12/c1-55(34-57)36-59-28-30-61-38-56(35-58,39-62-31-29-60-37-55)69-48(72)23-15-22-47(71)65-45(33-41-18-9-6-10-19-41)51(76)66-44(32-40-16-7-5-8-17-40)50(75)64-27-13-4-2-3-11-21-46(70)63-26-14-12-20-42(52(77)78)67-54(81)68-43(53(79)80)24-25-49(73)74/h5-10,16-19,42-45,59-62H,2-4,11-15,20-39,57-58H2,1H3,(H,63,70)(H,64,75)(H,65,71)(H,66,76)(H,69,72)(H,73,74)(H,77,78)(H,79,80)(H2,67,68,81)/t42?,43?,44-,45-,55?,56?/m1/s1. The topological polar surface area (TPSA) is 399 Å². The molecule has 0 radical (unpaired) electrons. The summed E-state index contributed by atoms with van der Waals surface area (Å²) in [5.74, 6) is -5.78. The molecule has 1 aliphatic rings. The Balaban J connectivity index is 1.45. The van der Waals surface area contributed by atoms with E-state index in [2.05, 4.69) is 65.4 Å². The molecular weight excluding hydrogens is 1050 g/mol. The Hall–Kier alpha value is -6.77. The predicted molar refractivity (Wildman–Crippen MR) is 306 cm³/mol. The van der Waals surface area contributed by atoms with Crippen molar-refractivity contribution in [1.82, 2.24) is 58.5 Å². The molecule has 1 heterocycles. The number of carboxylic acid groups (broad SMARTS) is 3. The number of benzene rings is 2. The van der Waals surface area contributed by atoms with E-state index in [0.717, 1.165) is 43.5 Å². The number of aliphatic carboxylic acids is 3. The number of carbonyl (C=O) groups excluding carboxylic acids is 6. The monoisotopic (exact) mass is 1140 g/mol. The maximum atomic E-state index is 14.1. The molecule has 4 atom stereocenters. The highest BCUT2D eigenvalue weighted by molar-refractivity contribution is 5.92. The maximum absolute atomic E-state index is 14.1. The second-order valence-corrected chi connectivity index (χ2v) is 21.2. The lowest BCUT2D eigenvalue weighted by Gasteiger charge is -2.35. The molecule has 81 heavy (non-hydrogen) atoms. The number of amides is 7. The van der Waals surface area contributed by atoms with Gasteiger partial charge in [-0.2, -0.15) is 0 Å². The molecule has 1 saturated heterocycles.